The Morgan fingerprint density at radius 3 is 2.61 bits per heavy atom. The lowest BCUT2D eigenvalue weighted by Crippen LogP contribution is -2.19. The largest absolute Gasteiger partial charge is 0.515 e. The van der Waals surface area contributed by atoms with Gasteiger partial charge in [-0.15, -0.1) is 10.2 Å². The molecule has 0 bridgehead atoms. The molecule has 1 aromatic heterocycles. The van der Waals surface area contributed by atoms with Crippen molar-refractivity contribution in [2.45, 2.75) is 6.54 Å². The lowest BCUT2D eigenvalue weighted by Gasteiger charge is -2.07. The maximum atomic E-state index is 11.3. The molecular formula is C14H18ClN5O3. The third kappa shape index (κ3) is 5.11. The highest BCUT2D eigenvalue weighted by atomic mass is 35.5. The second-order valence-electron chi connectivity index (χ2n) is 4.94. The monoisotopic (exact) mass is 339 g/mol. The molecule has 0 unspecified atom stereocenters. The summed E-state index contributed by atoms with van der Waals surface area (Å²) in [6.45, 7) is 1.29. The van der Waals surface area contributed by atoms with E-state index in [0.29, 0.717) is 17.4 Å². The van der Waals surface area contributed by atoms with Crippen molar-refractivity contribution < 1.29 is 14.3 Å². The van der Waals surface area contributed by atoms with Crippen molar-refractivity contribution in [2.24, 2.45) is 0 Å². The fourth-order valence-electron chi connectivity index (χ4n) is 1.66. The molecule has 0 fully saturated rings. The van der Waals surface area contributed by atoms with Crippen LogP contribution in [-0.4, -0.2) is 53.8 Å². The van der Waals surface area contributed by atoms with Gasteiger partial charge in [-0.05, 0) is 38.4 Å². The fourth-order valence-corrected chi connectivity index (χ4v) is 1.79. The molecule has 0 saturated carbocycles. The van der Waals surface area contributed by atoms with Crippen molar-refractivity contribution in [3.05, 3.63) is 29.3 Å². The summed E-state index contributed by atoms with van der Waals surface area (Å²) in [5.41, 5.74) is 0.740. The van der Waals surface area contributed by atoms with Crippen LogP contribution >= 0.6 is 11.6 Å². The van der Waals surface area contributed by atoms with Crippen molar-refractivity contribution in [3.63, 3.8) is 0 Å². The highest BCUT2D eigenvalue weighted by Crippen LogP contribution is 2.24. The Kier molecular flexibility index (Phi) is 5.78. The number of aromatic nitrogens is 3. The van der Waals surface area contributed by atoms with E-state index in [1.165, 1.54) is 11.9 Å². The molecule has 0 amide bonds. The van der Waals surface area contributed by atoms with Crippen LogP contribution in [0.3, 0.4) is 0 Å². The molecule has 0 aliphatic carbocycles. The number of carbonyl (C=O) groups excluding carboxylic acids is 1. The highest BCUT2D eigenvalue weighted by molar-refractivity contribution is 6.30. The zero-order valence-corrected chi connectivity index (χ0v) is 13.9. The summed E-state index contributed by atoms with van der Waals surface area (Å²) in [6.07, 6.45) is -0.858. The number of methoxy groups -OCH3 is 1. The Balaban J connectivity index is 2.19. The summed E-state index contributed by atoms with van der Waals surface area (Å²) in [5, 5.41) is 12.1. The van der Waals surface area contributed by atoms with Crippen molar-refractivity contribution >= 4 is 29.3 Å². The van der Waals surface area contributed by atoms with E-state index < -0.39 is 6.16 Å². The highest BCUT2D eigenvalue weighted by Gasteiger charge is 2.17. The third-order valence-electron chi connectivity index (χ3n) is 2.83. The van der Waals surface area contributed by atoms with E-state index in [1.807, 2.05) is 19.0 Å². The zero-order chi connectivity index (χ0) is 16.8. The summed E-state index contributed by atoms with van der Waals surface area (Å²) in [4.78, 5) is 14.8. The Bertz CT molecular complexity index is 657. The van der Waals surface area contributed by atoms with E-state index in [1.54, 1.807) is 24.3 Å². The van der Waals surface area contributed by atoms with Gasteiger partial charge in [-0.3, -0.25) is 0 Å². The zero-order valence-electron chi connectivity index (χ0n) is 13.1. The molecule has 0 aliphatic rings. The van der Waals surface area contributed by atoms with E-state index in [4.69, 9.17) is 16.3 Å². The van der Waals surface area contributed by atoms with Gasteiger partial charge in [0.05, 0.1) is 13.7 Å². The van der Waals surface area contributed by atoms with Crippen LogP contribution in [0.25, 0.3) is 0 Å². The molecule has 1 aromatic carbocycles. The van der Waals surface area contributed by atoms with E-state index >= 15 is 0 Å². The third-order valence-corrected chi connectivity index (χ3v) is 3.08. The molecule has 8 nitrogen and oxygen atoms in total. The maximum absolute atomic E-state index is 11.3. The predicted molar refractivity (Wildman–Crippen MR) is 86.3 cm³/mol. The molecule has 0 spiro atoms. The van der Waals surface area contributed by atoms with Gasteiger partial charge in [-0.2, -0.15) is 4.80 Å². The topological polar surface area (TPSA) is 81.5 Å². The molecule has 9 heteroatoms. The molecule has 2 rings (SSSR count). The molecule has 23 heavy (non-hydrogen) atoms. The molecular weight excluding hydrogens is 322 g/mol. The first-order valence-electron chi connectivity index (χ1n) is 6.86. The number of carbonyl (C=O) groups is 1. The number of benzene rings is 1. The SMILES string of the molecule is COC(=O)Oc1nn(CCN(C)C)nc1Nc1ccc(Cl)cc1. The number of rotatable bonds is 6. The van der Waals surface area contributed by atoms with Gasteiger partial charge in [0.1, 0.15) is 0 Å². The summed E-state index contributed by atoms with van der Waals surface area (Å²) in [6, 6.07) is 7.04. The van der Waals surface area contributed by atoms with Crippen LogP contribution in [0.15, 0.2) is 24.3 Å². The molecule has 0 atom stereocenters. The molecule has 2 aromatic rings. The number of halogens is 1. The van der Waals surface area contributed by atoms with Crippen molar-refractivity contribution in [2.75, 3.05) is 33.1 Å². The second-order valence-corrected chi connectivity index (χ2v) is 5.38. The second kappa shape index (κ2) is 7.80. The van der Waals surface area contributed by atoms with Crippen LogP contribution < -0.4 is 10.1 Å². The summed E-state index contributed by atoms with van der Waals surface area (Å²) in [7, 11) is 5.12. The minimum atomic E-state index is -0.858. The van der Waals surface area contributed by atoms with Gasteiger partial charge in [-0.1, -0.05) is 11.6 Å². The molecule has 1 N–H and O–H groups in total. The van der Waals surface area contributed by atoms with Crippen LogP contribution in [0.5, 0.6) is 5.88 Å². The maximum Gasteiger partial charge on any atom is 0.515 e. The van der Waals surface area contributed by atoms with E-state index in [0.717, 1.165) is 12.2 Å². The first-order valence-corrected chi connectivity index (χ1v) is 7.24. The Morgan fingerprint density at radius 1 is 1.30 bits per heavy atom. The number of likely N-dealkylation sites (N-methyl/N-ethyl adjacent to an activating group) is 1. The molecule has 124 valence electrons. The predicted octanol–water partition coefficient (Wildman–Crippen LogP) is 2.38. The van der Waals surface area contributed by atoms with E-state index in [9.17, 15) is 4.79 Å². The number of ether oxygens (including phenoxy) is 2. The van der Waals surface area contributed by atoms with Crippen LogP contribution in [0.4, 0.5) is 16.3 Å². The fraction of sp³-hybridized carbons (Fsp3) is 0.357. The van der Waals surface area contributed by atoms with Crippen LogP contribution in [0, 0.1) is 0 Å². The first kappa shape index (κ1) is 17.0. The molecule has 0 aliphatic heterocycles. The minimum absolute atomic E-state index is 0.0468. The van der Waals surface area contributed by atoms with E-state index in [2.05, 4.69) is 20.3 Å². The lowest BCUT2D eigenvalue weighted by atomic mass is 10.3. The number of hydrogen-bond acceptors (Lipinski definition) is 7. The summed E-state index contributed by atoms with van der Waals surface area (Å²) >= 11 is 5.86. The number of hydrogen-bond donors (Lipinski definition) is 1. The van der Waals surface area contributed by atoms with Gasteiger partial charge in [0.25, 0.3) is 5.88 Å². The average molecular weight is 340 g/mol. The van der Waals surface area contributed by atoms with E-state index in [-0.39, 0.29) is 5.88 Å². The van der Waals surface area contributed by atoms with Crippen molar-refractivity contribution in [1.82, 2.24) is 19.9 Å². The summed E-state index contributed by atoms with van der Waals surface area (Å²) in [5.74, 6) is 0.363. The number of nitrogens with zero attached hydrogens (tertiary/aromatic N) is 4. The quantitative estimate of drug-likeness (QED) is 0.809. The van der Waals surface area contributed by atoms with Crippen molar-refractivity contribution in [1.29, 1.82) is 0 Å². The van der Waals surface area contributed by atoms with Gasteiger partial charge in [0.2, 0.25) is 5.82 Å². The summed E-state index contributed by atoms with van der Waals surface area (Å²) < 4.78 is 9.51. The first-order chi connectivity index (χ1) is 11.0. The lowest BCUT2D eigenvalue weighted by molar-refractivity contribution is 0.119. The van der Waals surface area contributed by atoms with Gasteiger partial charge >= 0.3 is 6.16 Å². The Hall–Kier alpha value is -2.32. The van der Waals surface area contributed by atoms with Crippen LogP contribution in [0.2, 0.25) is 5.02 Å². The van der Waals surface area contributed by atoms with Crippen LogP contribution in [0.1, 0.15) is 0 Å². The molecule has 0 radical (unpaired) electrons. The number of nitrogens with one attached hydrogen (secondary N) is 1. The van der Waals surface area contributed by atoms with Gasteiger partial charge in [-0.25, -0.2) is 4.79 Å². The van der Waals surface area contributed by atoms with Crippen molar-refractivity contribution in [3.8, 4) is 5.88 Å². The van der Waals surface area contributed by atoms with Gasteiger partial charge < -0.3 is 19.7 Å². The number of anilines is 2. The van der Waals surface area contributed by atoms with Gasteiger partial charge in [0.15, 0.2) is 0 Å². The Morgan fingerprint density at radius 2 is 2.00 bits per heavy atom. The Labute approximate surface area is 138 Å². The minimum Gasteiger partial charge on any atom is -0.437 e. The normalized spacial score (nSPS) is 10.7. The molecule has 0 saturated heterocycles. The van der Waals surface area contributed by atoms with Gasteiger partial charge in [0, 0.05) is 17.3 Å². The smallest absolute Gasteiger partial charge is 0.437 e. The van der Waals surface area contributed by atoms with Crippen LogP contribution in [-0.2, 0) is 11.3 Å². The average Bonchev–Trinajstić information content (AvgIpc) is 2.89. The standard InChI is InChI=1S/C14H18ClN5O3/c1-19(2)8-9-20-17-12(13(18-20)23-14(21)22-3)16-11-6-4-10(15)5-7-11/h4-7H,8-9H2,1-3H3,(H,16,17). The molecule has 1 heterocycles.